The van der Waals surface area contributed by atoms with Gasteiger partial charge in [0.05, 0.1) is 0 Å². The molecule has 2 rings (SSSR count). The van der Waals surface area contributed by atoms with Crippen LogP contribution in [0.1, 0.15) is 0 Å². The van der Waals surface area contributed by atoms with E-state index in [4.69, 9.17) is 14.6 Å². The number of benzene rings is 2. The largest absolute Gasteiger partial charge is 0.508 e. The normalized spacial score (nSPS) is 11.9. The molecular weight excluding hydrogens is 282 g/mol. The van der Waals surface area contributed by atoms with Crippen molar-refractivity contribution >= 4 is 0 Å². The minimum absolute atomic E-state index is 0.188. The molecule has 3 N–H and O–H groups in total. The Morgan fingerprint density at radius 1 is 0.909 bits per heavy atom. The average Bonchev–Trinajstić information content (AvgIpc) is 2.55. The summed E-state index contributed by atoms with van der Waals surface area (Å²) in [6.45, 7) is 1.80. The van der Waals surface area contributed by atoms with Crippen molar-refractivity contribution in [2.24, 2.45) is 0 Å². The lowest BCUT2D eigenvalue weighted by molar-refractivity contribution is 0.105. The van der Waals surface area contributed by atoms with Crippen molar-refractivity contribution in [3.8, 4) is 17.2 Å². The second kappa shape index (κ2) is 8.92. The van der Waals surface area contributed by atoms with Crippen LogP contribution < -0.4 is 14.8 Å². The Morgan fingerprint density at radius 3 is 2.32 bits per heavy atom. The zero-order chi connectivity index (χ0) is 15.6. The molecule has 0 amide bonds. The summed E-state index contributed by atoms with van der Waals surface area (Å²) < 4.78 is 10.9. The highest BCUT2D eigenvalue weighted by Gasteiger charge is 2.05. The zero-order valence-corrected chi connectivity index (χ0v) is 12.3. The predicted octanol–water partition coefficient (Wildman–Crippen LogP) is 1.80. The molecule has 1 unspecified atom stereocenters. The summed E-state index contributed by atoms with van der Waals surface area (Å²) in [6.07, 6.45) is -0.606. The Hall–Kier alpha value is -2.24. The number of nitrogens with one attached hydrogen (secondary N) is 1. The van der Waals surface area contributed by atoms with E-state index in [0.29, 0.717) is 25.4 Å². The molecule has 22 heavy (non-hydrogen) atoms. The van der Waals surface area contributed by atoms with Gasteiger partial charge < -0.3 is 25.0 Å². The molecule has 0 radical (unpaired) electrons. The van der Waals surface area contributed by atoms with Crippen LogP contribution in [-0.4, -0.2) is 42.6 Å². The Bertz CT molecular complexity index is 530. The van der Waals surface area contributed by atoms with E-state index in [-0.39, 0.29) is 12.4 Å². The highest BCUT2D eigenvalue weighted by atomic mass is 16.5. The first-order valence-corrected chi connectivity index (χ1v) is 7.22. The number of aliphatic hydroxyl groups excluding tert-OH is 1. The van der Waals surface area contributed by atoms with Gasteiger partial charge in [-0.3, -0.25) is 0 Å². The van der Waals surface area contributed by atoms with Crippen molar-refractivity contribution in [2.75, 3.05) is 26.3 Å². The first kappa shape index (κ1) is 16.1. The van der Waals surface area contributed by atoms with Crippen LogP contribution in [0.15, 0.2) is 54.6 Å². The number of aromatic hydroxyl groups is 1. The molecule has 0 saturated heterocycles. The average molecular weight is 303 g/mol. The maximum atomic E-state index is 9.80. The second-order valence-electron chi connectivity index (χ2n) is 4.82. The van der Waals surface area contributed by atoms with E-state index in [1.807, 2.05) is 30.3 Å². The summed E-state index contributed by atoms with van der Waals surface area (Å²) in [4.78, 5) is 0. The molecule has 0 fully saturated rings. The molecule has 5 heteroatoms. The van der Waals surface area contributed by atoms with Gasteiger partial charge in [0, 0.05) is 13.1 Å². The summed E-state index contributed by atoms with van der Waals surface area (Å²) >= 11 is 0. The van der Waals surface area contributed by atoms with E-state index in [1.54, 1.807) is 24.3 Å². The number of phenolic OH excluding ortho intramolecular Hbond substituents is 1. The van der Waals surface area contributed by atoms with Gasteiger partial charge in [0.15, 0.2) is 0 Å². The number of para-hydroxylation sites is 1. The molecule has 2 aromatic rings. The molecule has 0 aliphatic heterocycles. The number of hydrogen-bond acceptors (Lipinski definition) is 5. The molecule has 0 saturated carbocycles. The summed E-state index contributed by atoms with van der Waals surface area (Å²) in [6, 6.07) is 16.0. The van der Waals surface area contributed by atoms with Gasteiger partial charge in [0.1, 0.15) is 36.6 Å². The van der Waals surface area contributed by atoms with Crippen LogP contribution in [0.3, 0.4) is 0 Å². The monoisotopic (exact) mass is 303 g/mol. The number of aliphatic hydroxyl groups is 1. The zero-order valence-electron chi connectivity index (χ0n) is 12.3. The van der Waals surface area contributed by atoms with E-state index in [2.05, 4.69) is 5.32 Å². The summed E-state index contributed by atoms with van der Waals surface area (Å²) in [5.74, 6) is 1.64. The van der Waals surface area contributed by atoms with Gasteiger partial charge in [-0.1, -0.05) is 18.2 Å². The van der Waals surface area contributed by atoms with Crippen molar-refractivity contribution in [2.45, 2.75) is 6.10 Å². The highest BCUT2D eigenvalue weighted by molar-refractivity contribution is 5.30. The lowest BCUT2D eigenvalue weighted by atomic mass is 10.3. The fourth-order valence-electron chi connectivity index (χ4n) is 1.82. The predicted molar refractivity (Wildman–Crippen MR) is 84.4 cm³/mol. The van der Waals surface area contributed by atoms with Crippen LogP contribution in [0.2, 0.25) is 0 Å². The standard InChI is InChI=1S/C17H21NO4/c19-14-6-8-17(9-7-14)22-13-15(20)12-18-10-11-21-16-4-2-1-3-5-16/h1-9,15,18-20H,10-13H2. The molecular formula is C17H21NO4. The molecule has 0 spiro atoms. The summed E-state index contributed by atoms with van der Waals surface area (Å²) in [7, 11) is 0. The first-order chi connectivity index (χ1) is 10.7. The molecule has 1 atom stereocenters. The van der Waals surface area contributed by atoms with Gasteiger partial charge in [-0.05, 0) is 36.4 Å². The maximum Gasteiger partial charge on any atom is 0.119 e. The Morgan fingerprint density at radius 2 is 1.59 bits per heavy atom. The smallest absolute Gasteiger partial charge is 0.119 e. The van der Waals surface area contributed by atoms with Crippen LogP contribution in [0.4, 0.5) is 0 Å². The second-order valence-corrected chi connectivity index (χ2v) is 4.82. The van der Waals surface area contributed by atoms with Gasteiger partial charge in [0.2, 0.25) is 0 Å². The number of rotatable bonds is 9. The Balaban J connectivity index is 1.54. The van der Waals surface area contributed by atoms with Gasteiger partial charge in [0.25, 0.3) is 0 Å². The number of ether oxygens (including phenoxy) is 2. The molecule has 0 heterocycles. The third-order valence-corrected chi connectivity index (χ3v) is 2.95. The minimum Gasteiger partial charge on any atom is -0.508 e. The molecule has 5 nitrogen and oxygen atoms in total. The van der Waals surface area contributed by atoms with E-state index in [1.165, 1.54) is 0 Å². The van der Waals surface area contributed by atoms with Crippen molar-refractivity contribution in [3.05, 3.63) is 54.6 Å². The van der Waals surface area contributed by atoms with Crippen molar-refractivity contribution in [1.29, 1.82) is 0 Å². The molecule has 0 aliphatic rings. The number of hydrogen-bond donors (Lipinski definition) is 3. The minimum atomic E-state index is -0.606. The van der Waals surface area contributed by atoms with E-state index >= 15 is 0 Å². The van der Waals surface area contributed by atoms with Crippen molar-refractivity contribution in [1.82, 2.24) is 5.32 Å². The fourth-order valence-corrected chi connectivity index (χ4v) is 1.82. The third kappa shape index (κ3) is 6.03. The topological polar surface area (TPSA) is 71.0 Å². The van der Waals surface area contributed by atoms with E-state index in [0.717, 1.165) is 5.75 Å². The lowest BCUT2D eigenvalue weighted by Gasteiger charge is -2.13. The van der Waals surface area contributed by atoms with Crippen LogP contribution in [-0.2, 0) is 0 Å². The van der Waals surface area contributed by atoms with E-state index in [9.17, 15) is 5.11 Å². The Labute approximate surface area is 130 Å². The Kier molecular flexibility index (Phi) is 6.54. The first-order valence-electron chi connectivity index (χ1n) is 7.22. The molecule has 0 aromatic heterocycles. The van der Waals surface area contributed by atoms with Gasteiger partial charge in [-0.2, -0.15) is 0 Å². The van der Waals surface area contributed by atoms with Crippen LogP contribution in [0.5, 0.6) is 17.2 Å². The van der Waals surface area contributed by atoms with Crippen LogP contribution >= 0.6 is 0 Å². The van der Waals surface area contributed by atoms with Crippen LogP contribution in [0.25, 0.3) is 0 Å². The number of phenols is 1. The summed E-state index contributed by atoms with van der Waals surface area (Å²) in [5.41, 5.74) is 0. The molecule has 118 valence electrons. The lowest BCUT2D eigenvalue weighted by Crippen LogP contribution is -2.33. The SMILES string of the molecule is Oc1ccc(OCC(O)CNCCOc2ccccc2)cc1. The van der Waals surface area contributed by atoms with Gasteiger partial charge in [-0.15, -0.1) is 0 Å². The molecule has 0 aliphatic carbocycles. The fraction of sp³-hybridized carbons (Fsp3) is 0.294. The van der Waals surface area contributed by atoms with Crippen LogP contribution in [0, 0.1) is 0 Å². The van der Waals surface area contributed by atoms with Gasteiger partial charge in [-0.25, -0.2) is 0 Å². The highest BCUT2D eigenvalue weighted by Crippen LogP contribution is 2.15. The third-order valence-electron chi connectivity index (χ3n) is 2.95. The molecule has 2 aromatic carbocycles. The molecule has 0 bridgehead atoms. The summed E-state index contributed by atoms with van der Waals surface area (Å²) in [5, 5.41) is 22.1. The van der Waals surface area contributed by atoms with Crippen molar-refractivity contribution < 1.29 is 19.7 Å². The van der Waals surface area contributed by atoms with Gasteiger partial charge >= 0.3 is 0 Å². The van der Waals surface area contributed by atoms with E-state index < -0.39 is 6.10 Å². The van der Waals surface area contributed by atoms with Crippen molar-refractivity contribution in [3.63, 3.8) is 0 Å². The maximum absolute atomic E-state index is 9.80. The quantitative estimate of drug-likeness (QED) is 0.616.